The van der Waals surface area contributed by atoms with Crippen molar-refractivity contribution in [1.29, 1.82) is 0 Å². The van der Waals surface area contributed by atoms with Gasteiger partial charge in [-0.2, -0.15) is 0 Å². The molecule has 0 saturated heterocycles. The number of rotatable bonds is 4. The molecule has 0 radical (unpaired) electrons. The summed E-state index contributed by atoms with van der Waals surface area (Å²) < 4.78 is 4.38. The molecule has 84 valence electrons. The van der Waals surface area contributed by atoms with Gasteiger partial charge in [-0.05, 0) is 22.0 Å². The van der Waals surface area contributed by atoms with Gasteiger partial charge < -0.3 is 14.2 Å². The van der Waals surface area contributed by atoms with Crippen molar-refractivity contribution in [3.05, 3.63) is 41.2 Å². The summed E-state index contributed by atoms with van der Waals surface area (Å²) >= 11 is 3.27. The van der Waals surface area contributed by atoms with Crippen molar-refractivity contribution in [2.24, 2.45) is 0 Å². The highest BCUT2D eigenvalue weighted by molar-refractivity contribution is 9.10. The molecule has 0 spiro atoms. The lowest BCUT2D eigenvalue weighted by atomic mass is 10.4. The van der Waals surface area contributed by atoms with Crippen LogP contribution in [0.4, 0.5) is 0 Å². The van der Waals surface area contributed by atoms with Crippen LogP contribution in [0.25, 0.3) is 0 Å². The number of carbonyl (C=O) groups is 1. The summed E-state index contributed by atoms with van der Waals surface area (Å²) in [6.45, 7) is 1.30. The number of carboxylic acid groups (broad SMARTS) is 1. The normalized spacial score (nSPS) is 10.6. The molecule has 0 fully saturated rings. The van der Waals surface area contributed by atoms with Crippen molar-refractivity contribution in [2.45, 2.75) is 13.1 Å². The van der Waals surface area contributed by atoms with Crippen LogP contribution in [0.5, 0.6) is 0 Å². The molecule has 0 bridgehead atoms. The largest absolute Gasteiger partial charge is 0.477 e. The molecule has 2 heterocycles. The Labute approximate surface area is 100 Å². The Hall–Kier alpha value is -1.56. The molecule has 0 saturated carbocycles. The maximum Gasteiger partial charge on any atom is 0.352 e. The van der Waals surface area contributed by atoms with Gasteiger partial charge >= 0.3 is 5.97 Å². The monoisotopic (exact) mass is 283 g/mol. The molecule has 2 rings (SSSR count). The van der Waals surface area contributed by atoms with E-state index in [0.717, 1.165) is 4.47 Å². The summed E-state index contributed by atoms with van der Waals surface area (Å²) in [6, 6.07) is 1.59. The molecule has 2 aromatic rings. The molecule has 0 aromatic carbocycles. The second-order valence-corrected chi connectivity index (χ2v) is 4.26. The lowest BCUT2D eigenvalue weighted by Gasteiger charge is -2.06. The second kappa shape index (κ2) is 4.52. The average molecular weight is 284 g/mol. The van der Waals surface area contributed by atoms with E-state index >= 15 is 0 Å². The molecule has 0 aliphatic carbocycles. The molecule has 16 heavy (non-hydrogen) atoms. The summed E-state index contributed by atoms with van der Waals surface area (Å²) in [5.41, 5.74) is 0.284. The van der Waals surface area contributed by atoms with Gasteiger partial charge in [0.05, 0.1) is 6.33 Å². The molecule has 0 unspecified atom stereocenters. The highest BCUT2D eigenvalue weighted by Gasteiger charge is 2.10. The minimum absolute atomic E-state index is 0.284. The van der Waals surface area contributed by atoms with Crippen molar-refractivity contribution in [1.82, 2.24) is 14.1 Å². The summed E-state index contributed by atoms with van der Waals surface area (Å²) in [7, 11) is 0. The van der Waals surface area contributed by atoms with E-state index in [9.17, 15) is 4.79 Å². The third kappa shape index (κ3) is 2.33. The van der Waals surface area contributed by atoms with E-state index < -0.39 is 5.97 Å². The van der Waals surface area contributed by atoms with Crippen LogP contribution in [-0.4, -0.2) is 25.2 Å². The zero-order valence-electron chi connectivity index (χ0n) is 8.38. The van der Waals surface area contributed by atoms with Gasteiger partial charge in [-0.25, -0.2) is 9.78 Å². The van der Waals surface area contributed by atoms with Crippen LogP contribution in [0.15, 0.2) is 35.5 Å². The second-order valence-electron chi connectivity index (χ2n) is 3.34. The number of halogens is 1. The number of hydrogen-bond acceptors (Lipinski definition) is 2. The lowest BCUT2D eigenvalue weighted by Crippen LogP contribution is -2.11. The van der Waals surface area contributed by atoms with E-state index in [1.54, 1.807) is 29.4 Å². The molecule has 0 atom stereocenters. The SMILES string of the molecule is O=C(O)c1cc(Br)cn1CCn1ccnc1. The Morgan fingerprint density at radius 1 is 1.50 bits per heavy atom. The molecule has 1 N–H and O–H groups in total. The minimum Gasteiger partial charge on any atom is -0.477 e. The maximum absolute atomic E-state index is 10.9. The van der Waals surface area contributed by atoms with Gasteiger partial charge in [0.25, 0.3) is 0 Å². The molecule has 0 aliphatic heterocycles. The van der Waals surface area contributed by atoms with Crippen LogP contribution in [-0.2, 0) is 13.1 Å². The van der Waals surface area contributed by atoms with Crippen molar-refractivity contribution in [3.8, 4) is 0 Å². The van der Waals surface area contributed by atoms with Crippen LogP contribution in [0, 0.1) is 0 Å². The minimum atomic E-state index is -0.920. The van der Waals surface area contributed by atoms with E-state index in [4.69, 9.17) is 5.11 Å². The standard InChI is InChI=1S/C10H10BrN3O2/c11-8-5-9(10(15)16)14(6-8)4-3-13-2-1-12-7-13/h1-2,5-7H,3-4H2,(H,15,16). The number of hydrogen-bond donors (Lipinski definition) is 1. The fourth-order valence-electron chi connectivity index (χ4n) is 1.48. The molecular formula is C10H10BrN3O2. The van der Waals surface area contributed by atoms with Gasteiger partial charge in [0.2, 0.25) is 0 Å². The number of aromatic nitrogens is 3. The van der Waals surface area contributed by atoms with E-state index in [-0.39, 0.29) is 5.69 Å². The molecule has 6 heteroatoms. The molecule has 2 aromatic heterocycles. The van der Waals surface area contributed by atoms with Crippen molar-refractivity contribution in [2.75, 3.05) is 0 Å². The van der Waals surface area contributed by atoms with Gasteiger partial charge in [0.15, 0.2) is 0 Å². The van der Waals surface area contributed by atoms with Gasteiger partial charge in [-0.15, -0.1) is 0 Å². The Kier molecular flexibility index (Phi) is 3.09. The van der Waals surface area contributed by atoms with E-state index in [1.165, 1.54) is 0 Å². The van der Waals surface area contributed by atoms with Crippen LogP contribution < -0.4 is 0 Å². The van der Waals surface area contributed by atoms with Crippen molar-refractivity contribution in [3.63, 3.8) is 0 Å². The maximum atomic E-state index is 10.9. The molecular weight excluding hydrogens is 274 g/mol. The van der Waals surface area contributed by atoms with Gasteiger partial charge in [0.1, 0.15) is 5.69 Å². The Bertz CT molecular complexity index is 490. The predicted octanol–water partition coefficient (Wildman–Crippen LogP) is 1.85. The van der Waals surface area contributed by atoms with Crippen molar-refractivity contribution >= 4 is 21.9 Å². The van der Waals surface area contributed by atoms with Gasteiger partial charge in [-0.1, -0.05) is 0 Å². The van der Waals surface area contributed by atoms with E-state index in [0.29, 0.717) is 13.1 Å². The first-order valence-corrected chi connectivity index (χ1v) is 5.51. The van der Waals surface area contributed by atoms with Crippen LogP contribution in [0.1, 0.15) is 10.5 Å². The fourth-order valence-corrected chi connectivity index (χ4v) is 1.94. The number of nitrogens with zero attached hydrogens (tertiary/aromatic N) is 3. The smallest absolute Gasteiger partial charge is 0.352 e. The van der Waals surface area contributed by atoms with Crippen LogP contribution in [0.3, 0.4) is 0 Å². The lowest BCUT2D eigenvalue weighted by molar-refractivity contribution is 0.0684. The zero-order valence-corrected chi connectivity index (χ0v) is 9.96. The summed E-state index contributed by atoms with van der Waals surface area (Å²) in [5, 5.41) is 8.98. The molecule has 0 aliphatic rings. The summed E-state index contributed by atoms with van der Waals surface area (Å²) in [6.07, 6.45) is 7.02. The number of aryl methyl sites for hydroxylation is 2. The number of imidazole rings is 1. The van der Waals surface area contributed by atoms with Gasteiger partial charge in [-0.3, -0.25) is 0 Å². The Morgan fingerprint density at radius 3 is 2.94 bits per heavy atom. The third-order valence-corrected chi connectivity index (χ3v) is 2.67. The first-order valence-electron chi connectivity index (χ1n) is 4.71. The van der Waals surface area contributed by atoms with E-state index in [2.05, 4.69) is 20.9 Å². The molecule has 0 amide bonds. The van der Waals surface area contributed by atoms with Crippen LogP contribution >= 0.6 is 15.9 Å². The van der Waals surface area contributed by atoms with Gasteiger partial charge in [0, 0.05) is 36.2 Å². The van der Waals surface area contributed by atoms with E-state index in [1.807, 2.05) is 10.8 Å². The third-order valence-electron chi connectivity index (χ3n) is 2.24. The van der Waals surface area contributed by atoms with Crippen molar-refractivity contribution < 1.29 is 9.90 Å². The topological polar surface area (TPSA) is 60.0 Å². The first-order chi connectivity index (χ1) is 7.66. The fraction of sp³-hybridized carbons (Fsp3) is 0.200. The Morgan fingerprint density at radius 2 is 2.31 bits per heavy atom. The average Bonchev–Trinajstić information content (AvgIpc) is 2.83. The summed E-state index contributed by atoms with van der Waals surface area (Å²) in [5.74, 6) is -0.920. The highest BCUT2D eigenvalue weighted by Crippen LogP contribution is 2.15. The zero-order chi connectivity index (χ0) is 11.5. The molecule has 5 nitrogen and oxygen atoms in total. The Balaban J connectivity index is 2.12. The number of aromatic carboxylic acids is 1. The highest BCUT2D eigenvalue weighted by atomic mass is 79.9. The number of carboxylic acids is 1. The predicted molar refractivity (Wildman–Crippen MR) is 61.3 cm³/mol. The first kappa shape index (κ1) is 10.9. The van der Waals surface area contributed by atoms with Crippen LogP contribution in [0.2, 0.25) is 0 Å². The quantitative estimate of drug-likeness (QED) is 0.932. The summed E-state index contributed by atoms with van der Waals surface area (Å²) in [4.78, 5) is 14.9.